The van der Waals surface area contributed by atoms with E-state index in [-0.39, 0.29) is 0 Å². The first-order chi connectivity index (χ1) is 15.7. The van der Waals surface area contributed by atoms with Crippen LogP contribution >= 0.6 is 11.6 Å². The van der Waals surface area contributed by atoms with Crippen molar-refractivity contribution < 1.29 is 0 Å². The molecule has 2 saturated carbocycles. The molecule has 2 aliphatic rings. The molecule has 2 aromatic carbocycles. The van der Waals surface area contributed by atoms with Crippen LogP contribution < -0.4 is 0 Å². The van der Waals surface area contributed by atoms with Crippen molar-refractivity contribution in [3.8, 4) is 11.1 Å². The van der Waals surface area contributed by atoms with Gasteiger partial charge in [-0.2, -0.15) is 0 Å². The maximum atomic E-state index is 6.03. The Balaban J connectivity index is 1.25. The van der Waals surface area contributed by atoms with Gasteiger partial charge in [0.1, 0.15) is 0 Å². The Kier molecular flexibility index (Phi) is 9.15. The molecule has 1 heteroatoms. The Bertz CT molecular complexity index is 774. The van der Waals surface area contributed by atoms with Crippen molar-refractivity contribution >= 4 is 11.6 Å². The molecule has 0 bridgehead atoms. The molecule has 4 rings (SSSR count). The number of alkyl halides is 1. The average Bonchev–Trinajstić information content (AvgIpc) is 2.87. The Hall–Kier alpha value is -1.27. The van der Waals surface area contributed by atoms with Crippen LogP contribution in [0.5, 0.6) is 0 Å². The van der Waals surface area contributed by atoms with Gasteiger partial charge in [-0.3, -0.25) is 0 Å². The summed E-state index contributed by atoms with van der Waals surface area (Å²) in [6.07, 6.45) is 17.8. The molecular weight excluding hydrogens is 408 g/mol. The van der Waals surface area contributed by atoms with Crippen LogP contribution in [0, 0.1) is 17.8 Å². The minimum atomic E-state index is 0.777. The number of hydrogen-bond acceptors (Lipinski definition) is 0. The number of unbranched alkanes of at least 4 members (excludes halogenated alkanes) is 1. The highest BCUT2D eigenvalue weighted by Crippen LogP contribution is 2.38. The third-order valence-electron chi connectivity index (χ3n) is 8.51. The van der Waals surface area contributed by atoms with Gasteiger partial charge in [0, 0.05) is 5.88 Å². The molecule has 2 aromatic rings. The Morgan fingerprint density at radius 1 is 0.656 bits per heavy atom. The maximum absolute atomic E-state index is 6.03. The molecule has 0 N–H and O–H groups in total. The van der Waals surface area contributed by atoms with Crippen LogP contribution in [0.3, 0.4) is 0 Å². The summed E-state index contributed by atoms with van der Waals surface area (Å²) < 4.78 is 0. The van der Waals surface area contributed by atoms with E-state index in [1.165, 1.54) is 100 Å². The molecular formula is C31H43Cl. The SMILES string of the molecule is CCCCC1CCC(c2ccc(-c3ccc(CCC4CCC(CCl)CC4)cc3)cc2)CC1. The quantitative estimate of drug-likeness (QED) is 0.333. The summed E-state index contributed by atoms with van der Waals surface area (Å²) in [4.78, 5) is 0. The van der Waals surface area contributed by atoms with E-state index in [1.807, 2.05) is 0 Å². The van der Waals surface area contributed by atoms with E-state index in [1.54, 1.807) is 5.56 Å². The second-order valence-electron chi connectivity index (χ2n) is 10.8. The Morgan fingerprint density at radius 2 is 1.19 bits per heavy atom. The molecule has 32 heavy (non-hydrogen) atoms. The topological polar surface area (TPSA) is 0 Å². The molecule has 0 amide bonds. The second-order valence-corrected chi connectivity index (χ2v) is 11.1. The highest BCUT2D eigenvalue weighted by molar-refractivity contribution is 6.18. The highest BCUT2D eigenvalue weighted by Gasteiger charge is 2.22. The van der Waals surface area contributed by atoms with Crippen LogP contribution in [0.4, 0.5) is 0 Å². The first-order valence-corrected chi connectivity index (χ1v) is 14.0. The summed E-state index contributed by atoms with van der Waals surface area (Å²) in [6.45, 7) is 2.32. The van der Waals surface area contributed by atoms with Gasteiger partial charge in [-0.15, -0.1) is 11.6 Å². The van der Waals surface area contributed by atoms with Crippen molar-refractivity contribution in [2.75, 3.05) is 5.88 Å². The van der Waals surface area contributed by atoms with Crippen LogP contribution in [0.2, 0.25) is 0 Å². The monoisotopic (exact) mass is 450 g/mol. The molecule has 174 valence electrons. The third-order valence-corrected chi connectivity index (χ3v) is 8.94. The van der Waals surface area contributed by atoms with Gasteiger partial charge in [-0.25, -0.2) is 0 Å². The lowest BCUT2D eigenvalue weighted by molar-refractivity contribution is 0.280. The number of aryl methyl sites for hydroxylation is 1. The van der Waals surface area contributed by atoms with E-state index in [2.05, 4.69) is 55.5 Å². The van der Waals surface area contributed by atoms with Crippen LogP contribution in [0.15, 0.2) is 48.5 Å². The molecule has 2 fully saturated rings. The first-order valence-electron chi connectivity index (χ1n) is 13.5. The van der Waals surface area contributed by atoms with E-state index in [0.717, 1.165) is 29.6 Å². The van der Waals surface area contributed by atoms with Crippen molar-refractivity contribution in [1.29, 1.82) is 0 Å². The highest BCUT2D eigenvalue weighted by atomic mass is 35.5. The van der Waals surface area contributed by atoms with Gasteiger partial charge in [-0.1, -0.05) is 87.6 Å². The summed E-state index contributed by atoms with van der Waals surface area (Å²) in [5, 5.41) is 0. The minimum absolute atomic E-state index is 0.777. The third kappa shape index (κ3) is 6.63. The lowest BCUT2D eigenvalue weighted by atomic mass is 9.77. The van der Waals surface area contributed by atoms with Gasteiger partial charge >= 0.3 is 0 Å². The summed E-state index contributed by atoms with van der Waals surface area (Å²) in [6, 6.07) is 18.9. The molecule has 0 aliphatic heterocycles. The van der Waals surface area contributed by atoms with Gasteiger partial charge in [0.2, 0.25) is 0 Å². The molecule has 0 aromatic heterocycles. The van der Waals surface area contributed by atoms with E-state index >= 15 is 0 Å². The molecule has 0 nitrogen and oxygen atoms in total. The van der Waals surface area contributed by atoms with Crippen molar-refractivity contribution in [2.24, 2.45) is 17.8 Å². The van der Waals surface area contributed by atoms with Gasteiger partial charge in [0.25, 0.3) is 0 Å². The first kappa shape index (κ1) is 23.9. The Morgan fingerprint density at radius 3 is 1.78 bits per heavy atom. The number of hydrogen-bond donors (Lipinski definition) is 0. The summed E-state index contributed by atoms with van der Waals surface area (Å²) in [7, 11) is 0. The minimum Gasteiger partial charge on any atom is -0.126 e. The molecule has 0 radical (unpaired) electrons. The smallest absolute Gasteiger partial charge is 0.0251 e. The van der Waals surface area contributed by atoms with Crippen molar-refractivity contribution in [3.63, 3.8) is 0 Å². The summed E-state index contributed by atoms with van der Waals surface area (Å²) in [5.41, 5.74) is 5.76. The average molecular weight is 451 g/mol. The van der Waals surface area contributed by atoms with Crippen molar-refractivity contribution in [1.82, 2.24) is 0 Å². The Labute approximate surface area is 202 Å². The predicted octanol–water partition coefficient (Wildman–Crippen LogP) is 9.80. The molecule has 0 atom stereocenters. The molecule has 2 aliphatic carbocycles. The predicted molar refractivity (Wildman–Crippen MR) is 141 cm³/mol. The fourth-order valence-electron chi connectivity index (χ4n) is 6.13. The summed E-state index contributed by atoms with van der Waals surface area (Å²) in [5.74, 6) is 4.31. The summed E-state index contributed by atoms with van der Waals surface area (Å²) >= 11 is 6.03. The normalized spacial score (nSPS) is 26.2. The number of rotatable bonds is 9. The largest absolute Gasteiger partial charge is 0.126 e. The zero-order valence-electron chi connectivity index (χ0n) is 20.2. The van der Waals surface area contributed by atoms with Gasteiger partial charge in [0.15, 0.2) is 0 Å². The fourth-order valence-corrected chi connectivity index (χ4v) is 6.44. The van der Waals surface area contributed by atoms with E-state index in [9.17, 15) is 0 Å². The standard InChI is InChI=1S/C31H43Cl/c1-2-3-4-24-11-15-28(16-12-24)30-19-21-31(22-20-30)29-17-13-26(14-18-29)6-5-25-7-9-27(23-32)10-8-25/h13-14,17-22,24-25,27-28H,2-12,15-16,23H2,1H3. The van der Waals surface area contributed by atoms with Crippen LogP contribution in [0.25, 0.3) is 11.1 Å². The number of benzene rings is 2. The lowest BCUT2D eigenvalue weighted by Crippen LogP contribution is -2.16. The van der Waals surface area contributed by atoms with Crippen LogP contribution in [0.1, 0.15) is 101 Å². The van der Waals surface area contributed by atoms with Gasteiger partial charge < -0.3 is 0 Å². The molecule has 0 spiro atoms. The van der Waals surface area contributed by atoms with E-state index < -0.39 is 0 Å². The zero-order chi connectivity index (χ0) is 22.2. The molecule has 0 heterocycles. The van der Waals surface area contributed by atoms with Crippen LogP contribution in [-0.2, 0) is 6.42 Å². The van der Waals surface area contributed by atoms with E-state index in [4.69, 9.17) is 11.6 Å². The maximum Gasteiger partial charge on any atom is 0.0251 e. The van der Waals surface area contributed by atoms with E-state index in [0.29, 0.717) is 0 Å². The van der Waals surface area contributed by atoms with Crippen LogP contribution in [-0.4, -0.2) is 5.88 Å². The van der Waals surface area contributed by atoms with Crippen molar-refractivity contribution in [2.45, 2.75) is 96.3 Å². The fraction of sp³-hybridized carbons (Fsp3) is 0.613. The van der Waals surface area contributed by atoms with Gasteiger partial charge in [-0.05, 0) is 97.3 Å². The van der Waals surface area contributed by atoms with Crippen molar-refractivity contribution in [3.05, 3.63) is 59.7 Å². The molecule has 0 unspecified atom stereocenters. The number of halogens is 1. The lowest BCUT2D eigenvalue weighted by Gasteiger charge is -2.29. The zero-order valence-corrected chi connectivity index (χ0v) is 21.0. The second kappa shape index (κ2) is 12.3. The molecule has 0 saturated heterocycles. The van der Waals surface area contributed by atoms with Gasteiger partial charge in [0.05, 0.1) is 0 Å².